The quantitative estimate of drug-likeness (QED) is 0.894. The largest absolute Gasteiger partial charge is 0.379 e. The van der Waals surface area contributed by atoms with E-state index in [1.54, 1.807) is 0 Å². The number of benzene rings is 2. The first kappa shape index (κ1) is 17.2. The Morgan fingerprint density at radius 3 is 1.79 bits per heavy atom. The van der Waals surface area contributed by atoms with Gasteiger partial charge in [0.1, 0.15) is 5.60 Å². The Hall–Kier alpha value is -1.64. The molecule has 0 aromatic heterocycles. The fraction of sp³-hybridized carbons (Fsp3) is 0.455. The van der Waals surface area contributed by atoms with Gasteiger partial charge >= 0.3 is 0 Å². The second kappa shape index (κ2) is 6.70. The molecule has 2 heteroatoms. The lowest BCUT2D eigenvalue weighted by Crippen LogP contribution is -2.59. The van der Waals surface area contributed by atoms with Gasteiger partial charge in [-0.2, -0.15) is 0 Å². The highest BCUT2D eigenvalue weighted by Crippen LogP contribution is 2.41. The molecule has 1 saturated heterocycles. The molecule has 1 atom stereocenters. The first-order valence-corrected chi connectivity index (χ1v) is 9.04. The number of likely N-dealkylation sites (tertiary alicyclic amines) is 1. The predicted octanol–water partition coefficient (Wildman–Crippen LogP) is 4.58. The van der Waals surface area contributed by atoms with Crippen molar-refractivity contribution in [3.05, 3.63) is 71.8 Å². The molecular weight excluding hydrogens is 294 g/mol. The van der Waals surface area contributed by atoms with Crippen LogP contribution in [-0.4, -0.2) is 28.1 Å². The zero-order chi connectivity index (χ0) is 17.2. The van der Waals surface area contributed by atoms with Gasteiger partial charge in [0.05, 0.1) is 0 Å². The summed E-state index contributed by atoms with van der Waals surface area (Å²) < 4.78 is 0. The van der Waals surface area contributed by atoms with Gasteiger partial charge in [-0.15, -0.1) is 0 Å². The van der Waals surface area contributed by atoms with Crippen LogP contribution in [0.15, 0.2) is 60.7 Å². The highest BCUT2D eigenvalue weighted by Gasteiger charge is 2.46. The molecular formula is C22H29NO. The molecule has 0 radical (unpaired) electrons. The third-order valence-electron chi connectivity index (χ3n) is 5.27. The number of aliphatic hydroxyl groups is 1. The SMILES string of the molecule is CC(C)(C)N1CCCCC1C(O)(c1ccccc1)c1ccccc1. The van der Waals surface area contributed by atoms with E-state index in [0.29, 0.717) is 0 Å². The molecule has 1 unspecified atom stereocenters. The van der Waals surface area contributed by atoms with Gasteiger partial charge in [-0.3, -0.25) is 4.90 Å². The molecule has 0 spiro atoms. The molecule has 1 aliphatic heterocycles. The van der Waals surface area contributed by atoms with Gasteiger partial charge in [0.15, 0.2) is 0 Å². The topological polar surface area (TPSA) is 23.5 Å². The molecule has 0 saturated carbocycles. The van der Waals surface area contributed by atoms with E-state index in [-0.39, 0.29) is 11.6 Å². The molecule has 2 aromatic carbocycles. The van der Waals surface area contributed by atoms with Crippen molar-refractivity contribution in [2.75, 3.05) is 6.54 Å². The van der Waals surface area contributed by atoms with Crippen molar-refractivity contribution in [1.29, 1.82) is 0 Å². The molecule has 0 bridgehead atoms. The lowest BCUT2D eigenvalue weighted by Gasteiger charge is -2.51. The van der Waals surface area contributed by atoms with Gasteiger partial charge in [0, 0.05) is 11.6 Å². The van der Waals surface area contributed by atoms with Crippen LogP contribution in [0.2, 0.25) is 0 Å². The molecule has 128 valence electrons. The fourth-order valence-corrected chi connectivity index (χ4v) is 4.10. The lowest BCUT2D eigenvalue weighted by molar-refractivity contribution is -0.0721. The molecule has 1 N–H and O–H groups in total. The summed E-state index contributed by atoms with van der Waals surface area (Å²) >= 11 is 0. The molecule has 0 aliphatic carbocycles. The van der Waals surface area contributed by atoms with E-state index in [1.807, 2.05) is 36.4 Å². The number of piperidine rings is 1. The second-order valence-corrected chi connectivity index (χ2v) is 7.87. The van der Waals surface area contributed by atoms with Gasteiger partial charge in [0.2, 0.25) is 0 Å². The van der Waals surface area contributed by atoms with Crippen molar-refractivity contribution in [3.63, 3.8) is 0 Å². The van der Waals surface area contributed by atoms with Crippen LogP contribution in [0.1, 0.15) is 51.2 Å². The molecule has 2 nitrogen and oxygen atoms in total. The Morgan fingerprint density at radius 1 is 0.833 bits per heavy atom. The van der Waals surface area contributed by atoms with E-state index in [4.69, 9.17) is 0 Å². The highest BCUT2D eigenvalue weighted by molar-refractivity contribution is 5.38. The zero-order valence-electron chi connectivity index (χ0n) is 15.1. The van der Waals surface area contributed by atoms with E-state index < -0.39 is 5.60 Å². The average molecular weight is 323 g/mol. The summed E-state index contributed by atoms with van der Waals surface area (Å²) in [6.45, 7) is 7.79. The summed E-state index contributed by atoms with van der Waals surface area (Å²) in [5.74, 6) is 0. The van der Waals surface area contributed by atoms with Gasteiger partial charge in [-0.1, -0.05) is 67.1 Å². The highest BCUT2D eigenvalue weighted by atomic mass is 16.3. The summed E-state index contributed by atoms with van der Waals surface area (Å²) in [7, 11) is 0. The second-order valence-electron chi connectivity index (χ2n) is 7.87. The van der Waals surface area contributed by atoms with E-state index in [1.165, 1.54) is 12.8 Å². The number of hydrogen-bond acceptors (Lipinski definition) is 2. The van der Waals surface area contributed by atoms with E-state index in [2.05, 4.69) is 49.9 Å². The molecule has 1 aliphatic rings. The maximum absolute atomic E-state index is 12.1. The lowest BCUT2D eigenvalue weighted by atomic mass is 9.75. The molecule has 0 amide bonds. The Kier molecular flexibility index (Phi) is 4.80. The van der Waals surface area contributed by atoms with Crippen molar-refractivity contribution in [1.82, 2.24) is 4.90 Å². The predicted molar refractivity (Wildman–Crippen MR) is 100.0 cm³/mol. The zero-order valence-corrected chi connectivity index (χ0v) is 15.1. The van der Waals surface area contributed by atoms with Crippen LogP contribution in [0.4, 0.5) is 0 Å². The Bertz CT molecular complexity index is 605. The summed E-state index contributed by atoms with van der Waals surface area (Å²) in [5.41, 5.74) is 1.01. The van der Waals surface area contributed by atoms with Crippen molar-refractivity contribution >= 4 is 0 Å². The minimum Gasteiger partial charge on any atom is -0.379 e. The molecule has 24 heavy (non-hydrogen) atoms. The summed E-state index contributed by atoms with van der Waals surface area (Å²) in [4.78, 5) is 2.50. The first-order chi connectivity index (χ1) is 11.4. The van der Waals surface area contributed by atoms with E-state index in [0.717, 1.165) is 24.1 Å². The molecule has 2 aromatic rings. The third kappa shape index (κ3) is 3.13. The minimum atomic E-state index is -0.990. The average Bonchev–Trinajstić information content (AvgIpc) is 2.62. The third-order valence-corrected chi connectivity index (χ3v) is 5.27. The van der Waals surface area contributed by atoms with E-state index >= 15 is 0 Å². The molecule has 1 heterocycles. The van der Waals surface area contributed by atoms with Crippen molar-refractivity contribution in [2.24, 2.45) is 0 Å². The normalized spacial score (nSPS) is 20.1. The van der Waals surface area contributed by atoms with Crippen molar-refractivity contribution in [3.8, 4) is 0 Å². The van der Waals surface area contributed by atoms with Gasteiger partial charge < -0.3 is 5.11 Å². The minimum absolute atomic E-state index is 0.0304. The van der Waals surface area contributed by atoms with Crippen LogP contribution in [-0.2, 0) is 5.60 Å². The molecule has 3 rings (SSSR count). The number of nitrogens with zero attached hydrogens (tertiary/aromatic N) is 1. The Morgan fingerprint density at radius 2 is 1.33 bits per heavy atom. The Labute approximate surface area is 146 Å². The Balaban J connectivity index is 2.14. The van der Waals surface area contributed by atoms with Crippen LogP contribution in [0.25, 0.3) is 0 Å². The van der Waals surface area contributed by atoms with Crippen LogP contribution >= 0.6 is 0 Å². The maximum Gasteiger partial charge on any atom is 0.130 e. The van der Waals surface area contributed by atoms with Crippen LogP contribution in [0, 0.1) is 0 Å². The summed E-state index contributed by atoms with van der Waals surface area (Å²) in [6.07, 6.45) is 3.38. The van der Waals surface area contributed by atoms with Crippen LogP contribution in [0.3, 0.4) is 0 Å². The maximum atomic E-state index is 12.1. The monoisotopic (exact) mass is 323 g/mol. The van der Waals surface area contributed by atoms with Gasteiger partial charge in [-0.05, 0) is 51.3 Å². The van der Waals surface area contributed by atoms with Gasteiger partial charge in [0.25, 0.3) is 0 Å². The van der Waals surface area contributed by atoms with Crippen molar-refractivity contribution in [2.45, 2.75) is 57.2 Å². The summed E-state index contributed by atoms with van der Waals surface area (Å²) in [6, 6.07) is 20.4. The first-order valence-electron chi connectivity index (χ1n) is 9.04. The molecule has 1 fully saturated rings. The summed E-state index contributed by atoms with van der Waals surface area (Å²) in [5, 5.41) is 12.1. The smallest absolute Gasteiger partial charge is 0.130 e. The number of hydrogen-bond donors (Lipinski definition) is 1. The van der Waals surface area contributed by atoms with Crippen LogP contribution in [0.5, 0.6) is 0 Å². The van der Waals surface area contributed by atoms with Gasteiger partial charge in [-0.25, -0.2) is 0 Å². The number of rotatable bonds is 3. The fourth-order valence-electron chi connectivity index (χ4n) is 4.10. The standard InChI is InChI=1S/C22H29NO/c1-21(2,3)23-17-11-10-16-20(23)22(24,18-12-6-4-7-13-18)19-14-8-5-9-15-19/h4-9,12-15,20,24H,10-11,16-17H2,1-3H3. The van der Waals surface area contributed by atoms with Crippen LogP contribution < -0.4 is 0 Å². The van der Waals surface area contributed by atoms with E-state index in [9.17, 15) is 5.11 Å². The van der Waals surface area contributed by atoms with Crippen molar-refractivity contribution < 1.29 is 5.11 Å².